The van der Waals surface area contributed by atoms with Crippen molar-refractivity contribution in [2.75, 3.05) is 26.7 Å². The van der Waals surface area contributed by atoms with E-state index in [1.165, 1.54) is 22.3 Å². The van der Waals surface area contributed by atoms with E-state index in [9.17, 15) is 4.79 Å². The van der Waals surface area contributed by atoms with E-state index >= 15 is 0 Å². The molecule has 1 N–H and O–H groups in total. The van der Waals surface area contributed by atoms with Crippen LogP contribution >= 0.6 is 23.2 Å². The Kier molecular flexibility index (Phi) is 6.32. The van der Waals surface area contributed by atoms with Crippen LogP contribution in [0.1, 0.15) is 30.2 Å². The fourth-order valence-corrected chi connectivity index (χ4v) is 4.40. The van der Waals surface area contributed by atoms with Gasteiger partial charge in [0.05, 0.1) is 21.7 Å². The lowest BCUT2D eigenvalue weighted by Gasteiger charge is -2.39. The van der Waals surface area contributed by atoms with Crippen LogP contribution in [0.15, 0.2) is 36.0 Å². The highest BCUT2D eigenvalue weighted by Gasteiger charge is 2.32. The molecule has 0 unspecified atom stereocenters. The van der Waals surface area contributed by atoms with Crippen LogP contribution in [0, 0.1) is 5.92 Å². The first-order chi connectivity index (χ1) is 14.4. The van der Waals surface area contributed by atoms with Crippen LogP contribution in [0.4, 0.5) is 0 Å². The molecule has 5 nitrogen and oxygen atoms in total. The molecule has 1 saturated heterocycles. The monoisotopic (exact) mass is 445 g/mol. The molecule has 0 saturated carbocycles. The van der Waals surface area contributed by atoms with E-state index in [4.69, 9.17) is 27.9 Å². The second-order valence-corrected chi connectivity index (χ2v) is 8.75. The second kappa shape index (κ2) is 8.96. The van der Waals surface area contributed by atoms with Crippen molar-refractivity contribution in [1.82, 2.24) is 15.2 Å². The number of pyridine rings is 1. The smallest absolute Gasteiger partial charge is 0.225 e. The zero-order chi connectivity index (χ0) is 21.3. The third-order valence-electron chi connectivity index (χ3n) is 5.95. The number of aromatic nitrogens is 1. The van der Waals surface area contributed by atoms with Gasteiger partial charge in [0.15, 0.2) is 0 Å². The Labute approximate surface area is 187 Å². The van der Waals surface area contributed by atoms with Crippen molar-refractivity contribution in [3.63, 3.8) is 0 Å². The number of hydrogen-bond donors (Lipinski definition) is 1. The Balaban J connectivity index is 1.39. The van der Waals surface area contributed by atoms with Gasteiger partial charge in [0.25, 0.3) is 0 Å². The first-order valence-corrected chi connectivity index (χ1v) is 10.9. The maximum atomic E-state index is 11.7. The van der Waals surface area contributed by atoms with E-state index in [0.717, 1.165) is 43.9 Å². The standard InChI is InChI=1S/C23H25Cl2N3O2/c1-14-16(10-28-11-17(12-28)23(29)26-2)4-3-15-7-19(5-6-20(14)15)30-13-18-8-21(24)22(25)9-27-18/h5-9,17H,3-4,10-13H2,1-2H3,(H,26,29). The number of halogens is 2. The van der Waals surface area contributed by atoms with E-state index < -0.39 is 0 Å². The number of likely N-dealkylation sites (tertiary alicyclic amines) is 1. The molecular weight excluding hydrogens is 421 g/mol. The Morgan fingerprint density at radius 1 is 1.23 bits per heavy atom. The molecule has 1 aromatic carbocycles. The van der Waals surface area contributed by atoms with Crippen molar-refractivity contribution >= 4 is 34.7 Å². The molecule has 30 heavy (non-hydrogen) atoms. The average Bonchev–Trinajstić information content (AvgIpc) is 2.72. The average molecular weight is 446 g/mol. The highest BCUT2D eigenvalue weighted by molar-refractivity contribution is 6.41. The van der Waals surface area contributed by atoms with E-state index in [1.807, 2.05) is 6.07 Å². The SMILES string of the molecule is CNC(=O)C1CN(CC2=C(C)c3ccc(OCc4cc(Cl)c(Cl)cn4)cc3CC2)C1. The number of benzene rings is 1. The van der Waals surface area contributed by atoms with Crippen LogP contribution in [0.5, 0.6) is 5.75 Å². The zero-order valence-corrected chi connectivity index (χ0v) is 18.7. The Morgan fingerprint density at radius 3 is 2.77 bits per heavy atom. The molecule has 2 aliphatic rings. The fraction of sp³-hybridized carbons (Fsp3) is 0.391. The number of nitrogens with one attached hydrogen (secondary N) is 1. The van der Waals surface area contributed by atoms with Gasteiger partial charge in [-0.1, -0.05) is 34.8 Å². The van der Waals surface area contributed by atoms with E-state index in [2.05, 4.69) is 34.3 Å². The molecule has 0 atom stereocenters. The Morgan fingerprint density at radius 2 is 2.03 bits per heavy atom. The maximum absolute atomic E-state index is 11.7. The van der Waals surface area contributed by atoms with Crippen LogP contribution in [0.25, 0.3) is 5.57 Å². The predicted octanol–water partition coefficient (Wildman–Crippen LogP) is 4.36. The Bertz CT molecular complexity index is 1000. The number of allylic oxidation sites excluding steroid dienone is 1. The summed E-state index contributed by atoms with van der Waals surface area (Å²) in [6, 6.07) is 8.00. The van der Waals surface area contributed by atoms with Crippen molar-refractivity contribution in [3.8, 4) is 5.75 Å². The molecule has 1 aliphatic heterocycles. The summed E-state index contributed by atoms with van der Waals surface area (Å²) < 4.78 is 5.92. The van der Waals surface area contributed by atoms with E-state index in [0.29, 0.717) is 16.7 Å². The molecule has 1 fully saturated rings. The molecule has 1 amide bonds. The second-order valence-electron chi connectivity index (χ2n) is 7.93. The summed E-state index contributed by atoms with van der Waals surface area (Å²) >= 11 is 12.0. The summed E-state index contributed by atoms with van der Waals surface area (Å²) in [6.45, 7) is 5.18. The molecule has 1 aliphatic carbocycles. The van der Waals surface area contributed by atoms with Crippen LogP contribution < -0.4 is 10.1 Å². The summed E-state index contributed by atoms with van der Waals surface area (Å²) in [5.41, 5.74) is 6.15. The van der Waals surface area contributed by atoms with Crippen molar-refractivity contribution in [2.45, 2.75) is 26.4 Å². The van der Waals surface area contributed by atoms with Gasteiger partial charge < -0.3 is 10.1 Å². The van der Waals surface area contributed by atoms with Crippen molar-refractivity contribution in [3.05, 3.63) is 62.9 Å². The van der Waals surface area contributed by atoms with Gasteiger partial charge in [-0.05, 0) is 54.7 Å². The third kappa shape index (κ3) is 4.48. The van der Waals surface area contributed by atoms with Gasteiger partial charge in [-0.25, -0.2) is 0 Å². The molecule has 1 aromatic heterocycles. The highest BCUT2D eigenvalue weighted by atomic mass is 35.5. The molecule has 2 heterocycles. The zero-order valence-electron chi connectivity index (χ0n) is 17.2. The van der Waals surface area contributed by atoms with E-state index in [-0.39, 0.29) is 11.8 Å². The number of ether oxygens (including phenoxy) is 1. The van der Waals surface area contributed by atoms with Crippen LogP contribution in [-0.4, -0.2) is 42.5 Å². The molecule has 0 bridgehead atoms. The number of hydrogen-bond acceptors (Lipinski definition) is 4. The number of fused-ring (bicyclic) bond motifs is 1. The van der Waals surface area contributed by atoms with Gasteiger partial charge in [0, 0.05) is 32.9 Å². The lowest BCUT2D eigenvalue weighted by Crippen LogP contribution is -2.53. The summed E-state index contributed by atoms with van der Waals surface area (Å²) in [4.78, 5) is 18.3. The van der Waals surface area contributed by atoms with Crippen molar-refractivity contribution in [1.29, 1.82) is 0 Å². The molecule has 4 rings (SSSR count). The summed E-state index contributed by atoms with van der Waals surface area (Å²) in [5, 5.41) is 3.66. The first-order valence-electron chi connectivity index (χ1n) is 10.1. The maximum Gasteiger partial charge on any atom is 0.225 e. The number of carbonyl (C=O) groups excluding carboxylic acids is 1. The van der Waals surface area contributed by atoms with Crippen LogP contribution in [-0.2, 0) is 17.8 Å². The minimum absolute atomic E-state index is 0.136. The lowest BCUT2D eigenvalue weighted by atomic mass is 9.85. The minimum atomic E-state index is 0.136. The predicted molar refractivity (Wildman–Crippen MR) is 120 cm³/mol. The molecule has 0 spiro atoms. The van der Waals surface area contributed by atoms with Gasteiger partial charge >= 0.3 is 0 Å². The van der Waals surface area contributed by atoms with Crippen molar-refractivity contribution in [2.24, 2.45) is 5.92 Å². The summed E-state index contributed by atoms with van der Waals surface area (Å²) in [5.74, 6) is 1.11. The fourth-order valence-electron chi connectivity index (χ4n) is 4.12. The summed E-state index contributed by atoms with van der Waals surface area (Å²) in [6.07, 6.45) is 3.58. The number of nitrogens with zero attached hydrogens (tertiary/aromatic N) is 2. The molecule has 158 valence electrons. The largest absolute Gasteiger partial charge is 0.487 e. The van der Waals surface area contributed by atoms with Gasteiger partial charge in [-0.3, -0.25) is 14.7 Å². The normalized spacial score (nSPS) is 16.8. The van der Waals surface area contributed by atoms with Gasteiger partial charge in [-0.2, -0.15) is 0 Å². The van der Waals surface area contributed by atoms with E-state index in [1.54, 1.807) is 19.3 Å². The number of carbonyl (C=O) groups is 1. The van der Waals surface area contributed by atoms with Crippen LogP contribution in [0.2, 0.25) is 10.0 Å². The Hall–Kier alpha value is -2.08. The topological polar surface area (TPSA) is 54.5 Å². The molecule has 0 radical (unpaired) electrons. The van der Waals surface area contributed by atoms with Crippen molar-refractivity contribution < 1.29 is 9.53 Å². The van der Waals surface area contributed by atoms with Crippen LogP contribution in [0.3, 0.4) is 0 Å². The summed E-state index contributed by atoms with van der Waals surface area (Å²) in [7, 11) is 1.70. The molecule has 2 aromatic rings. The van der Waals surface area contributed by atoms with Gasteiger partial charge in [0.2, 0.25) is 5.91 Å². The van der Waals surface area contributed by atoms with Gasteiger partial charge in [-0.15, -0.1) is 0 Å². The molecule has 7 heteroatoms. The third-order valence-corrected chi connectivity index (χ3v) is 6.66. The highest BCUT2D eigenvalue weighted by Crippen LogP contribution is 2.34. The number of rotatable bonds is 6. The first kappa shape index (κ1) is 21.2. The molecular formula is C23H25Cl2N3O2. The van der Waals surface area contributed by atoms with Gasteiger partial charge in [0.1, 0.15) is 12.4 Å². The number of aryl methyl sites for hydroxylation is 1. The lowest BCUT2D eigenvalue weighted by molar-refractivity contribution is -0.129. The number of amides is 1. The minimum Gasteiger partial charge on any atom is -0.487 e. The quantitative estimate of drug-likeness (QED) is 0.717.